The molecule has 0 saturated carbocycles. The van der Waals surface area contributed by atoms with Crippen LogP contribution in [-0.2, 0) is 17.5 Å². The van der Waals surface area contributed by atoms with Crippen LogP contribution in [0.3, 0.4) is 0 Å². The summed E-state index contributed by atoms with van der Waals surface area (Å²) in [5.74, 6) is -1.32. The van der Waals surface area contributed by atoms with E-state index in [-0.39, 0.29) is 23.3 Å². The summed E-state index contributed by atoms with van der Waals surface area (Å²) in [4.78, 5) is 39.0. The lowest BCUT2D eigenvalue weighted by molar-refractivity contribution is -0.137. The van der Waals surface area contributed by atoms with E-state index in [1.54, 1.807) is 0 Å². The lowest BCUT2D eigenvalue weighted by Gasteiger charge is -2.21. The number of thiol groups is 1. The molecule has 4 amide bonds. The Morgan fingerprint density at radius 2 is 1.89 bits per heavy atom. The van der Waals surface area contributed by atoms with Crippen LogP contribution in [0.5, 0.6) is 0 Å². The second-order valence-corrected chi connectivity index (χ2v) is 9.44. The molecule has 2 aromatic carbocycles. The van der Waals surface area contributed by atoms with Crippen molar-refractivity contribution in [3.63, 3.8) is 0 Å². The Morgan fingerprint density at radius 1 is 1.16 bits per heavy atom. The van der Waals surface area contributed by atoms with Gasteiger partial charge in [-0.2, -0.15) is 13.2 Å². The summed E-state index contributed by atoms with van der Waals surface area (Å²) in [6.07, 6.45) is -3.93. The first-order valence-corrected chi connectivity index (χ1v) is 12.4. The number of hydrogen-bond acceptors (Lipinski definition) is 6. The summed E-state index contributed by atoms with van der Waals surface area (Å²) in [5, 5.41) is 7.87. The molecule has 9 nitrogen and oxygen atoms in total. The van der Waals surface area contributed by atoms with Crippen LogP contribution in [0.2, 0.25) is 0 Å². The van der Waals surface area contributed by atoms with E-state index >= 15 is 0 Å². The van der Waals surface area contributed by atoms with Crippen LogP contribution in [0.25, 0.3) is 0 Å². The SMILES string of the molecule is CCNC(=O)N(S)c1cc(CN2CCC(NC(=O)CNC(=O)c3cc(C(F)(F)F)ccc3N)C2)ccc1C. The van der Waals surface area contributed by atoms with E-state index in [9.17, 15) is 27.6 Å². The molecule has 1 atom stereocenters. The maximum atomic E-state index is 12.9. The maximum absolute atomic E-state index is 12.9. The molecule has 1 fully saturated rings. The molecule has 0 radical (unpaired) electrons. The number of benzene rings is 2. The van der Waals surface area contributed by atoms with Gasteiger partial charge in [0.05, 0.1) is 23.4 Å². The number of rotatable bonds is 8. The zero-order chi connectivity index (χ0) is 28.0. The third-order valence-corrected chi connectivity index (χ3v) is 6.50. The minimum atomic E-state index is -4.62. The average Bonchev–Trinajstić information content (AvgIpc) is 3.29. The van der Waals surface area contributed by atoms with E-state index in [2.05, 4.69) is 33.7 Å². The van der Waals surface area contributed by atoms with Crippen molar-refractivity contribution in [1.82, 2.24) is 20.9 Å². The van der Waals surface area contributed by atoms with Crippen molar-refractivity contribution in [2.24, 2.45) is 0 Å². The van der Waals surface area contributed by atoms with E-state index in [0.717, 1.165) is 29.8 Å². The summed E-state index contributed by atoms with van der Waals surface area (Å²) in [6, 6.07) is 7.79. The Kier molecular flexibility index (Phi) is 9.50. The van der Waals surface area contributed by atoms with Crippen molar-refractivity contribution in [2.45, 2.75) is 39.0 Å². The predicted octanol–water partition coefficient (Wildman–Crippen LogP) is 3.10. The summed E-state index contributed by atoms with van der Waals surface area (Å²) < 4.78 is 40.1. The Balaban J connectivity index is 1.51. The molecular formula is C25H31F3N6O3S. The van der Waals surface area contributed by atoms with Gasteiger partial charge < -0.3 is 21.7 Å². The van der Waals surface area contributed by atoms with Gasteiger partial charge in [-0.05, 0) is 55.7 Å². The summed E-state index contributed by atoms with van der Waals surface area (Å²) >= 11 is 4.32. The zero-order valence-corrected chi connectivity index (χ0v) is 22.0. The standard InChI is InChI=1S/C25H31F3N6O3S/c1-3-30-24(37)34(38)21-10-16(5-4-15(21)2)13-33-9-8-18(14-33)32-22(35)12-31-23(36)19-11-17(25(26,27)28)6-7-20(19)29/h4-7,10-11,18,38H,3,8-9,12-14,29H2,1-2H3,(H,30,37)(H,31,36)(H,32,35). The highest BCUT2D eigenvalue weighted by atomic mass is 32.1. The van der Waals surface area contributed by atoms with E-state index in [1.807, 2.05) is 32.0 Å². The first kappa shape index (κ1) is 29.1. The van der Waals surface area contributed by atoms with Gasteiger partial charge in [0.25, 0.3) is 5.91 Å². The number of halogens is 3. The van der Waals surface area contributed by atoms with Crippen LogP contribution in [0.4, 0.5) is 29.3 Å². The number of nitrogens with zero attached hydrogens (tertiary/aromatic N) is 2. The van der Waals surface area contributed by atoms with E-state index in [1.165, 1.54) is 4.31 Å². The first-order valence-electron chi connectivity index (χ1n) is 12.0. The average molecular weight is 553 g/mol. The Morgan fingerprint density at radius 3 is 2.58 bits per heavy atom. The molecule has 1 saturated heterocycles. The van der Waals surface area contributed by atoms with Crippen LogP contribution >= 0.6 is 12.8 Å². The number of amides is 4. The minimum Gasteiger partial charge on any atom is -0.398 e. The lowest BCUT2D eigenvalue weighted by Crippen LogP contribution is -2.43. The number of aryl methyl sites for hydroxylation is 1. The third-order valence-electron chi connectivity index (χ3n) is 6.10. The molecule has 38 heavy (non-hydrogen) atoms. The Labute approximate surface area is 224 Å². The maximum Gasteiger partial charge on any atom is 0.416 e. The van der Waals surface area contributed by atoms with Crippen LogP contribution < -0.4 is 26.0 Å². The van der Waals surface area contributed by atoms with Crippen LogP contribution in [0.1, 0.15) is 40.4 Å². The highest BCUT2D eigenvalue weighted by molar-refractivity contribution is 7.82. The van der Waals surface area contributed by atoms with Crippen molar-refractivity contribution in [2.75, 3.05) is 36.2 Å². The number of urea groups is 1. The molecular weight excluding hydrogens is 521 g/mol. The van der Waals surface area contributed by atoms with E-state index in [0.29, 0.717) is 37.8 Å². The molecule has 1 heterocycles. The smallest absolute Gasteiger partial charge is 0.398 e. The van der Waals surface area contributed by atoms with E-state index in [4.69, 9.17) is 5.73 Å². The molecule has 5 N–H and O–H groups in total. The number of nitrogen functional groups attached to an aromatic ring is 1. The number of nitrogens with one attached hydrogen (secondary N) is 3. The highest BCUT2D eigenvalue weighted by Gasteiger charge is 2.32. The predicted molar refractivity (Wildman–Crippen MR) is 142 cm³/mol. The van der Waals surface area contributed by atoms with Gasteiger partial charge in [0, 0.05) is 37.9 Å². The summed E-state index contributed by atoms with van der Waals surface area (Å²) in [6.45, 7) is 5.70. The van der Waals surface area contributed by atoms with Crippen molar-refractivity contribution >= 4 is 42.0 Å². The van der Waals surface area contributed by atoms with Gasteiger partial charge in [0.15, 0.2) is 0 Å². The fourth-order valence-corrected chi connectivity index (χ4v) is 4.42. The lowest BCUT2D eigenvalue weighted by atomic mass is 10.1. The number of alkyl halides is 3. The molecule has 0 bridgehead atoms. The molecule has 13 heteroatoms. The first-order chi connectivity index (χ1) is 17.9. The molecule has 1 aliphatic heterocycles. The van der Waals surface area contributed by atoms with Crippen molar-refractivity contribution in [3.05, 3.63) is 58.7 Å². The van der Waals surface area contributed by atoms with Gasteiger partial charge in [-0.15, -0.1) is 0 Å². The normalized spacial score (nSPS) is 15.7. The molecule has 0 spiro atoms. The van der Waals surface area contributed by atoms with Crippen LogP contribution in [0.15, 0.2) is 36.4 Å². The second kappa shape index (κ2) is 12.4. The zero-order valence-electron chi connectivity index (χ0n) is 21.1. The molecule has 1 aliphatic rings. The summed E-state index contributed by atoms with van der Waals surface area (Å²) in [7, 11) is 0. The third kappa shape index (κ3) is 7.54. The quantitative estimate of drug-likeness (QED) is 0.255. The molecule has 1 unspecified atom stereocenters. The van der Waals surface area contributed by atoms with Crippen molar-refractivity contribution in [1.29, 1.82) is 0 Å². The monoisotopic (exact) mass is 552 g/mol. The number of carbonyl (C=O) groups excluding carboxylic acids is 3. The van der Waals surface area contributed by atoms with Gasteiger partial charge >= 0.3 is 12.2 Å². The number of carbonyl (C=O) groups is 3. The number of likely N-dealkylation sites (tertiary alicyclic amines) is 1. The molecule has 0 aromatic heterocycles. The van der Waals surface area contributed by atoms with Gasteiger partial charge in [0.2, 0.25) is 5.91 Å². The summed E-state index contributed by atoms with van der Waals surface area (Å²) in [5.41, 5.74) is 6.75. The van der Waals surface area contributed by atoms with Gasteiger partial charge in [0.1, 0.15) is 0 Å². The van der Waals surface area contributed by atoms with Crippen LogP contribution in [-0.4, -0.2) is 55.0 Å². The topological polar surface area (TPSA) is 120 Å². The highest BCUT2D eigenvalue weighted by Crippen LogP contribution is 2.31. The van der Waals surface area contributed by atoms with Crippen molar-refractivity contribution in [3.8, 4) is 0 Å². The largest absolute Gasteiger partial charge is 0.416 e. The van der Waals surface area contributed by atoms with E-state index < -0.39 is 30.1 Å². The minimum absolute atomic E-state index is 0.117. The van der Waals surface area contributed by atoms with Crippen LogP contribution in [0, 0.1) is 6.92 Å². The Hall–Kier alpha value is -3.45. The number of anilines is 2. The molecule has 206 valence electrons. The molecule has 3 rings (SSSR count). The fraction of sp³-hybridized carbons (Fsp3) is 0.400. The Bertz CT molecular complexity index is 1190. The van der Waals surface area contributed by atoms with Gasteiger partial charge in [-0.25, -0.2) is 9.10 Å². The fourth-order valence-electron chi connectivity index (χ4n) is 4.13. The van der Waals surface area contributed by atoms with Gasteiger partial charge in [-0.1, -0.05) is 24.9 Å². The van der Waals surface area contributed by atoms with Crippen molar-refractivity contribution < 1.29 is 27.6 Å². The number of nitrogens with two attached hydrogens (primary N) is 1. The molecule has 0 aliphatic carbocycles. The molecule has 2 aromatic rings. The number of hydrogen-bond donors (Lipinski definition) is 5. The second-order valence-electron chi connectivity index (χ2n) is 9.04. The van der Waals surface area contributed by atoms with Gasteiger partial charge in [-0.3, -0.25) is 14.5 Å².